The van der Waals surface area contributed by atoms with Crippen LogP contribution >= 0.6 is 0 Å². The second-order valence-corrected chi connectivity index (χ2v) is 7.93. The lowest BCUT2D eigenvalue weighted by Gasteiger charge is -2.34. The molecule has 2 rings (SSSR count). The lowest BCUT2D eigenvalue weighted by molar-refractivity contribution is -0.133. The van der Waals surface area contributed by atoms with Crippen molar-refractivity contribution in [2.24, 2.45) is 5.92 Å². The maximum Gasteiger partial charge on any atom is 0.222 e. The molecule has 21 heavy (non-hydrogen) atoms. The van der Waals surface area contributed by atoms with Gasteiger partial charge in [-0.3, -0.25) is 9.69 Å². The summed E-state index contributed by atoms with van der Waals surface area (Å²) in [6, 6.07) is 0. The standard InChI is InChI=1S/C14H25N3O3S/c1-3-5-15-7-9-16(10-8-15)14(18)11-13-4-6-17(12-13)21(2,19)20/h3,13H,1,4-12H2,2H3. The van der Waals surface area contributed by atoms with E-state index in [-0.39, 0.29) is 11.8 Å². The monoisotopic (exact) mass is 315 g/mol. The molecule has 0 saturated carbocycles. The van der Waals surface area contributed by atoms with Crippen LogP contribution < -0.4 is 0 Å². The molecule has 0 N–H and O–H groups in total. The van der Waals surface area contributed by atoms with Crippen LogP contribution in [0.2, 0.25) is 0 Å². The highest BCUT2D eigenvalue weighted by Crippen LogP contribution is 2.22. The maximum absolute atomic E-state index is 12.3. The molecule has 1 amide bonds. The molecule has 0 spiro atoms. The highest BCUT2D eigenvalue weighted by molar-refractivity contribution is 7.88. The van der Waals surface area contributed by atoms with Gasteiger partial charge in [0.1, 0.15) is 0 Å². The molecular weight excluding hydrogens is 290 g/mol. The van der Waals surface area contributed by atoms with Gasteiger partial charge in [-0.25, -0.2) is 12.7 Å². The van der Waals surface area contributed by atoms with Crippen LogP contribution in [0.4, 0.5) is 0 Å². The van der Waals surface area contributed by atoms with Crippen LogP contribution in [0.1, 0.15) is 12.8 Å². The van der Waals surface area contributed by atoms with E-state index in [1.807, 2.05) is 11.0 Å². The molecule has 0 aliphatic carbocycles. The van der Waals surface area contributed by atoms with Gasteiger partial charge in [0.15, 0.2) is 0 Å². The van der Waals surface area contributed by atoms with Crippen LogP contribution in [-0.2, 0) is 14.8 Å². The Morgan fingerprint density at radius 1 is 1.24 bits per heavy atom. The number of hydrogen-bond donors (Lipinski definition) is 0. The van der Waals surface area contributed by atoms with Gasteiger partial charge in [0.05, 0.1) is 6.26 Å². The van der Waals surface area contributed by atoms with Gasteiger partial charge in [0, 0.05) is 52.2 Å². The molecule has 0 aromatic heterocycles. The fourth-order valence-electron chi connectivity index (χ4n) is 3.00. The summed E-state index contributed by atoms with van der Waals surface area (Å²) in [4.78, 5) is 16.5. The minimum atomic E-state index is -3.12. The van der Waals surface area contributed by atoms with E-state index in [2.05, 4.69) is 11.5 Å². The molecule has 0 bridgehead atoms. The Balaban J connectivity index is 1.77. The zero-order valence-corrected chi connectivity index (χ0v) is 13.5. The molecule has 7 heteroatoms. The van der Waals surface area contributed by atoms with E-state index >= 15 is 0 Å². The van der Waals surface area contributed by atoms with E-state index in [1.54, 1.807) is 0 Å². The average molecular weight is 315 g/mol. The molecule has 120 valence electrons. The summed E-state index contributed by atoms with van der Waals surface area (Å²) in [6.07, 6.45) is 4.37. The van der Waals surface area contributed by atoms with Crippen LogP contribution in [0, 0.1) is 5.92 Å². The molecule has 2 fully saturated rings. The smallest absolute Gasteiger partial charge is 0.222 e. The summed E-state index contributed by atoms with van der Waals surface area (Å²) in [5.74, 6) is 0.326. The van der Waals surface area contributed by atoms with Gasteiger partial charge in [-0.2, -0.15) is 0 Å². The molecule has 2 saturated heterocycles. The molecule has 6 nitrogen and oxygen atoms in total. The lowest BCUT2D eigenvalue weighted by Crippen LogP contribution is -2.49. The van der Waals surface area contributed by atoms with Gasteiger partial charge in [-0.15, -0.1) is 6.58 Å². The zero-order chi connectivity index (χ0) is 15.5. The van der Waals surface area contributed by atoms with Gasteiger partial charge in [0.25, 0.3) is 0 Å². The number of amides is 1. The number of sulfonamides is 1. The minimum absolute atomic E-state index is 0.161. The molecule has 0 aromatic rings. The lowest BCUT2D eigenvalue weighted by atomic mass is 10.0. The Bertz CT molecular complexity index is 484. The Morgan fingerprint density at radius 2 is 1.90 bits per heavy atom. The van der Waals surface area contributed by atoms with Gasteiger partial charge in [-0.1, -0.05) is 6.08 Å². The first-order valence-corrected chi connectivity index (χ1v) is 9.31. The first-order chi connectivity index (χ1) is 9.90. The van der Waals surface area contributed by atoms with E-state index < -0.39 is 10.0 Å². The SMILES string of the molecule is C=CCN1CCN(C(=O)CC2CCN(S(C)(=O)=O)C2)CC1. The third kappa shape index (κ3) is 4.52. The molecule has 2 aliphatic heterocycles. The van der Waals surface area contributed by atoms with Crippen molar-refractivity contribution >= 4 is 15.9 Å². The fraction of sp³-hybridized carbons (Fsp3) is 0.786. The fourth-order valence-corrected chi connectivity index (χ4v) is 3.92. The number of nitrogens with zero attached hydrogens (tertiary/aromatic N) is 3. The predicted octanol–water partition coefficient (Wildman–Crippen LogP) is -0.0118. The molecule has 1 atom stereocenters. The van der Waals surface area contributed by atoms with E-state index in [4.69, 9.17) is 0 Å². The van der Waals surface area contributed by atoms with Crippen LogP contribution in [0.5, 0.6) is 0 Å². The van der Waals surface area contributed by atoms with Crippen molar-refractivity contribution in [2.45, 2.75) is 12.8 Å². The van der Waals surface area contributed by atoms with E-state index in [9.17, 15) is 13.2 Å². The number of carbonyl (C=O) groups excluding carboxylic acids is 1. The Hall–Kier alpha value is -0.920. The summed E-state index contributed by atoms with van der Waals surface area (Å²) in [5.41, 5.74) is 0. The zero-order valence-electron chi connectivity index (χ0n) is 12.7. The third-order valence-corrected chi connectivity index (χ3v) is 5.56. The van der Waals surface area contributed by atoms with Crippen LogP contribution in [-0.4, -0.2) is 80.5 Å². The van der Waals surface area contributed by atoms with Crippen molar-refractivity contribution in [1.82, 2.24) is 14.1 Å². The van der Waals surface area contributed by atoms with E-state index in [0.717, 1.165) is 39.1 Å². The number of hydrogen-bond acceptors (Lipinski definition) is 4. The van der Waals surface area contributed by atoms with Gasteiger partial charge in [0.2, 0.25) is 15.9 Å². The van der Waals surface area contributed by atoms with E-state index in [0.29, 0.717) is 19.5 Å². The van der Waals surface area contributed by atoms with Crippen molar-refractivity contribution < 1.29 is 13.2 Å². The van der Waals surface area contributed by atoms with Crippen molar-refractivity contribution in [2.75, 3.05) is 52.1 Å². The number of carbonyl (C=O) groups is 1. The molecule has 2 aliphatic rings. The molecular formula is C14H25N3O3S. The Morgan fingerprint density at radius 3 is 2.43 bits per heavy atom. The largest absolute Gasteiger partial charge is 0.340 e. The molecule has 0 aromatic carbocycles. The van der Waals surface area contributed by atoms with Gasteiger partial charge in [-0.05, 0) is 12.3 Å². The summed E-state index contributed by atoms with van der Waals surface area (Å²) < 4.78 is 24.4. The van der Waals surface area contributed by atoms with Crippen LogP contribution in [0.15, 0.2) is 12.7 Å². The maximum atomic E-state index is 12.3. The third-order valence-electron chi connectivity index (χ3n) is 4.29. The first-order valence-electron chi connectivity index (χ1n) is 7.46. The van der Waals surface area contributed by atoms with Crippen molar-refractivity contribution in [1.29, 1.82) is 0 Å². The summed E-state index contributed by atoms with van der Waals surface area (Å²) >= 11 is 0. The van der Waals surface area contributed by atoms with Gasteiger partial charge >= 0.3 is 0 Å². The second-order valence-electron chi connectivity index (χ2n) is 5.95. The quantitative estimate of drug-likeness (QED) is 0.670. The highest BCUT2D eigenvalue weighted by atomic mass is 32.2. The van der Waals surface area contributed by atoms with Crippen molar-refractivity contribution in [3.63, 3.8) is 0 Å². The summed E-state index contributed by atoms with van der Waals surface area (Å²) in [5, 5.41) is 0. The van der Waals surface area contributed by atoms with Gasteiger partial charge < -0.3 is 4.90 Å². The Labute approximate surface area is 127 Å². The molecule has 1 unspecified atom stereocenters. The second kappa shape index (κ2) is 6.89. The summed E-state index contributed by atoms with van der Waals surface area (Å²) in [7, 11) is -3.12. The minimum Gasteiger partial charge on any atom is -0.340 e. The van der Waals surface area contributed by atoms with E-state index in [1.165, 1.54) is 10.6 Å². The Kier molecular flexibility index (Phi) is 5.40. The van der Waals surface area contributed by atoms with Crippen LogP contribution in [0.25, 0.3) is 0 Å². The summed E-state index contributed by atoms with van der Waals surface area (Å²) in [6.45, 7) is 8.92. The normalized spacial score (nSPS) is 25.2. The topological polar surface area (TPSA) is 60.9 Å². The van der Waals surface area contributed by atoms with Crippen molar-refractivity contribution in [3.8, 4) is 0 Å². The first kappa shape index (κ1) is 16.5. The van der Waals surface area contributed by atoms with Crippen LogP contribution in [0.3, 0.4) is 0 Å². The van der Waals surface area contributed by atoms with Crippen molar-refractivity contribution in [3.05, 3.63) is 12.7 Å². The average Bonchev–Trinajstić information content (AvgIpc) is 2.88. The predicted molar refractivity (Wildman–Crippen MR) is 82.4 cm³/mol. The molecule has 2 heterocycles. The number of rotatable bonds is 5. The number of piperazine rings is 1. The molecule has 0 radical (unpaired) electrons. The highest BCUT2D eigenvalue weighted by Gasteiger charge is 2.31.